The number of anilines is 1. The van der Waals surface area contributed by atoms with Gasteiger partial charge in [-0.2, -0.15) is 31.4 Å². The van der Waals surface area contributed by atoms with Crippen molar-refractivity contribution in [1.29, 1.82) is 0 Å². The van der Waals surface area contributed by atoms with Gasteiger partial charge in [-0.15, -0.1) is 11.3 Å². The molecule has 17 heteroatoms. The molecule has 8 nitrogen and oxygen atoms in total. The van der Waals surface area contributed by atoms with Gasteiger partial charge in [0, 0.05) is 11.1 Å². The van der Waals surface area contributed by atoms with Crippen molar-refractivity contribution in [2.75, 3.05) is 5.32 Å². The molecule has 0 unspecified atom stereocenters. The maximum absolute atomic E-state index is 13.7. The lowest BCUT2D eigenvalue weighted by molar-refractivity contribution is -0.143. The number of halogens is 8. The summed E-state index contributed by atoms with van der Waals surface area (Å²) in [5, 5.41) is 5.96. The highest BCUT2D eigenvalue weighted by molar-refractivity contribution is 9.10. The number of fused-ring (bicyclic) bond motifs is 2. The van der Waals surface area contributed by atoms with Crippen LogP contribution in [0.2, 0.25) is 0 Å². The monoisotopic (exact) mass is 660 g/mol. The second kappa shape index (κ2) is 9.76. The molecule has 0 radical (unpaired) electrons. The van der Waals surface area contributed by atoms with Gasteiger partial charge < -0.3 is 11.1 Å². The summed E-state index contributed by atoms with van der Waals surface area (Å²) in [6.45, 7) is 1.31. The van der Waals surface area contributed by atoms with Crippen molar-refractivity contribution in [3.8, 4) is 11.1 Å². The van der Waals surface area contributed by atoms with Gasteiger partial charge in [0.2, 0.25) is 0 Å². The molecule has 0 aliphatic carbocycles. The van der Waals surface area contributed by atoms with E-state index in [1.807, 2.05) is 0 Å². The number of nitrogens with two attached hydrogens (primary N) is 1. The first-order valence-electron chi connectivity index (χ1n) is 11.1. The Hall–Kier alpha value is -4.12. The summed E-state index contributed by atoms with van der Waals surface area (Å²) in [4.78, 5) is 32.5. The standard InChI is InChI=1S/C24H12BrF7N6O2S/c1-8-6-13(24(30,31)32)38-20(34-8)15(25)17(37-38)21(40)36-16-14-11(9-2-4-10(26)5-3-9)7-12(23(27,28)29)35-22(14)41-18(16)19(33)39/h2-7H,1H3,(H2,33,39)(H,36,40). The van der Waals surface area contributed by atoms with E-state index >= 15 is 0 Å². The number of alkyl halides is 6. The molecule has 2 amide bonds. The zero-order valence-electron chi connectivity index (χ0n) is 20.1. The largest absolute Gasteiger partial charge is 0.433 e. The van der Waals surface area contributed by atoms with Gasteiger partial charge in [-0.3, -0.25) is 9.59 Å². The van der Waals surface area contributed by atoms with Crippen molar-refractivity contribution in [3.05, 3.63) is 74.3 Å². The highest BCUT2D eigenvalue weighted by Crippen LogP contribution is 2.44. The minimum atomic E-state index is -4.91. The van der Waals surface area contributed by atoms with E-state index in [2.05, 4.69) is 36.3 Å². The number of rotatable bonds is 4. The van der Waals surface area contributed by atoms with Crippen molar-refractivity contribution in [3.63, 3.8) is 0 Å². The van der Waals surface area contributed by atoms with Crippen molar-refractivity contribution in [2.45, 2.75) is 19.3 Å². The highest BCUT2D eigenvalue weighted by atomic mass is 79.9. The van der Waals surface area contributed by atoms with Crippen LogP contribution in [0.5, 0.6) is 0 Å². The van der Waals surface area contributed by atoms with Gasteiger partial charge in [0.05, 0.1) is 10.2 Å². The fourth-order valence-electron chi connectivity index (χ4n) is 4.03. The summed E-state index contributed by atoms with van der Waals surface area (Å²) >= 11 is 3.50. The van der Waals surface area contributed by atoms with Crippen LogP contribution in [-0.2, 0) is 12.4 Å². The maximum Gasteiger partial charge on any atom is 0.433 e. The van der Waals surface area contributed by atoms with Crippen LogP contribution in [0.4, 0.5) is 36.4 Å². The molecule has 1 aromatic carbocycles. The van der Waals surface area contributed by atoms with Gasteiger partial charge in [-0.1, -0.05) is 12.1 Å². The molecule has 3 N–H and O–H groups in total. The minimum absolute atomic E-state index is 0.0206. The summed E-state index contributed by atoms with van der Waals surface area (Å²) in [7, 11) is 0. The zero-order chi connectivity index (χ0) is 30.0. The third-order valence-corrected chi connectivity index (χ3v) is 7.56. The number of primary amides is 1. The number of carbonyl (C=O) groups is 2. The fourth-order valence-corrected chi connectivity index (χ4v) is 5.55. The Kier molecular flexibility index (Phi) is 6.76. The second-order valence-electron chi connectivity index (χ2n) is 8.54. The van der Waals surface area contributed by atoms with Gasteiger partial charge in [0.25, 0.3) is 11.8 Å². The van der Waals surface area contributed by atoms with Crippen LogP contribution >= 0.6 is 27.3 Å². The van der Waals surface area contributed by atoms with Crippen LogP contribution in [0, 0.1) is 12.7 Å². The SMILES string of the molecule is Cc1cc(C(F)(F)F)n2nc(C(=O)Nc3c(C(N)=O)sc4nc(C(F)(F)F)cc(-c5ccc(F)cc5)c34)c(Br)c2n1. The van der Waals surface area contributed by atoms with Crippen LogP contribution in [0.1, 0.15) is 37.2 Å². The number of nitrogens with one attached hydrogen (secondary N) is 1. The fraction of sp³-hybridized carbons (Fsp3) is 0.125. The van der Waals surface area contributed by atoms with Crippen LogP contribution < -0.4 is 11.1 Å². The van der Waals surface area contributed by atoms with Crippen molar-refractivity contribution < 1.29 is 40.3 Å². The number of carbonyl (C=O) groups excluding carboxylic acids is 2. The average molecular weight is 661 g/mol. The Morgan fingerprint density at radius 3 is 2.27 bits per heavy atom. The van der Waals surface area contributed by atoms with E-state index in [9.17, 15) is 40.3 Å². The molecule has 0 fully saturated rings. The molecule has 212 valence electrons. The Morgan fingerprint density at radius 2 is 1.68 bits per heavy atom. The van der Waals surface area contributed by atoms with Gasteiger partial charge in [-0.05, 0) is 58.2 Å². The quantitative estimate of drug-likeness (QED) is 0.211. The number of pyridine rings is 1. The maximum atomic E-state index is 13.7. The van der Waals surface area contributed by atoms with Gasteiger partial charge in [-0.25, -0.2) is 18.9 Å². The number of aromatic nitrogens is 4. The number of thiophene rings is 1. The summed E-state index contributed by atoms with van der Waals surface area (Å²) < 4.78 is 95.8. The first kappa shape index (κ1) is 28.4. The molecule has 5 aromatic rings. The Morgan fingerprint density at radius 1 is 1.02 bits per heavy atom. The molecule has 0 bridgehead atoms. The molecular formula is C24H12BrF7N6O2S. The van der Waals surface area contributed by atoms with E-state index in [1.165, 1.54) is 19.1 Å². The lowest BCUT2D eigenvalue weighted by Gasteiger charge is -2.12. The summed E-state index contributed by atoms with van der Waals surface area (Å²) in [6, 6.07) is 5.74. The number of amides is 2. The smallest absolute Gasteiger partial charge is 0.365 e. The van der Waals surface area contributed by atoms with E-state index in [0.29, 0.717) is 21.9 Å². The van der Waals surface area contributed by atoms with Crippen LogP contribution in [0.15, 0.2) is 40.9 Å². The van der Waals surface area contributed by atoms with Crippen molar-refractivity contribution in [2.24, 2.45) is 5.73 Å². The molecule has 4 aromatic heterocycles. The summed E-state index contributed by atoms with van der Waals surface area (Å²) in [6.07, 6.45) is -9.77. The van der Waals surface area contributed by atoms with E-state index in [1.54, 1.807) is 0 Å². The molecule has 0 spiro atoms. The molecule has 4 heterocycles. The average Bonchev–Trinajstić information content (AvgIpc) is 3.40. The second-order valence-corrected chi connectivity index (χ2v) is 10.3. The predicted molar refractivity (Wildman–Crippen MR) is 137 cm³/mol. The van der Waals surface area contributed by atoms with Gasteiger partial charge in [0.15, 0.2) is 11.3 Å². The zero-order valence-corrected chi connectivity index (χ0v) is 22.5. The molecule has 0 aliphatic heterocycles. The van der Waals surface area contributed by atoms with Crippen molar-refractivity contribution in [1.82, 2.24) is 19.6 Å². The number of benzene rings is 1. The number of hydrogen-bond acceptors (Lipinski definition) is 6. The highest BCUT2D eigenvalue weighted by Gasteiger charge is 2.37. The third kappa shape index (κ3) is 5.10. The van der Waals surface area contributed by atoms with Crippen molar-refractivity contribution >= 4 is 60.6 Å². The Balaban J connectivity index is 1.73. The molecule has 0 saturated carbocycles. The van der Waals surface area contributed by atoms with Gasteiger partial charge in [0.1, 0.15) is 26.9 Å². The molecule has 0 aliphatic rings. The lowest BCUT2D eigenvalue weighted by Crippen LogP contribution is -2.18. The lowest BCUT2D eigenvalue weighted by atomic mass is 10.0. The number of aryl methyl sites for hydroxylation is 1. The van der Waals surface area contributed by atoms with E-state index in [-0.39, 0.29) is 42.8 Å². The van der Waals surface area contributed by atoms with Crippen LogP contribution in [0.3, 0.4) is 0 Å². The van der Waals surface area contributed by atoms with Gasteiger partial charge >= 0.3 is 12.4 Å². The molecule has 5 rings (SSSR count). The third-order valence-electron chi connectivity index (χ3n) is 5.74. The normalized spacial score (nSPS) is 12.3. The first-order chi connectivity index (χ1) is 19.1. The Labute approximate surface area is 236 Å². The molecule has 0 saturated heterocycles. The van der Waals surface area contributed by atoms with Crippen LogP contribution in [-0.4, -0.2) is 31.4 Å². The topological polar surface area (TPSA) is 115 Å². The molecular weight excluding hydrogens is 649 g/mol. The van der Waals surface area contributed by atoms with E-state index in [0.717, 1.165) is 18.2 Å². The number of hydrogen-bond donors (Lipinski definition) is 2. The first-order valence-corrected chi connectivity index (χ1v) is 12.7. The summed E-state index contributed by atoms with van der Waals surface area (Å²) in [5.74, 6) is -2.95. The number of nitrogens with zero attached hydrogens (tertiary/aromatic N) is 4. The molecule has 41 heavy (non-hydrogen) atoms. The minimum Gasteiger partial charge on any atom is -0.365 e. The van der Waals surface area contributed by atoms with E-state index in [4.69, 9.17) is 5.73 Å². The predicted octanol–water partition coefficient (Wildman–Crippen LogP) is 6.60. The molecule has 0 atom stereocenters. The summed E-state index contributed by atoms with van der Waals surface area (Å²) in [5.41, 5.74) is 1.52. The Bertz CT molecular complexity index is 1880. The van der Waals surface area contributed by atoms with E-state index < -0.39 is 51.9 Å². The van der Waals surface area contributed by atoms with Crippen LogP contribution in [0.25, 0.3) is 27.0 Å².